The number of imide groups is 1. The van der Waals surface area contributed by atoms with Gasteiger partial charge < -0.3 is 5.32 Å². The van der Waals surface area contributed by atoms with Gasteiger partial charge >= 0.3 is 0 Å². The molecule has 1 aliphatic rings. The molecule has 0 aromatic heterocycles. The van der Waals surface area contributed by atoms with Crippen molar-refractivity contribution in [2.75, 3.05) is 6.54 Å². The summed E-state index contributed by atoms with van der Waals surface area (Å²) in [5.74, 6) is -0.642. The van der Waals surface area contributed by atoms with Crippen LogP contribution in [0.3, 0.4) is 0 Å². The zero-order valence-corrected chi connectivity index (χ0v) is 15.9. The third-order valence-corrected chi connectivity index (χ3v) is 5.07. The van der Waals surface area contributed by atoms with E-state index in [1.165, 1.54) is 16.0 Å². The minimum absolute atomic E-state index is 0.0858. The maximum Gasteiger partial charge on any atom is 0.261 e. The van der Waals surface area contributed by atoms with Crippen LogP contribution in [0.15, 0.2) is 42.5 Å². The molecule has 2 aromatic carbocycles. The van der Waals surface area contributed by atoms with E-state index in [0.717, 1.165) is 5.56 Å². The fraction of sp³-hybridized carbons (Fsp3) is 0.318. The van der Waals surface area contributed by atoms with E-state index in [1.54, 1.807) is 24.3 Å². The molecule has 27 heavy (non-hydrogen) atoms. The molecule has 0 saturated carbocycles. The number of carbonyl (C=O) groups excluding carboxylic acids is 3. The topological polar surface area (TPSA) is 66.5 Å². The van der Waals surface area contributed by atoms with Crippen molar-refractivity contribution in [2.24, 2.45) is 0 Å². The van der Waals surface area contributed by atoms with Gasteiger partial charge in [-0.1, -0.05) is 30.3 Å². The maximum atomic E-state index is 12.3. The molecule has 0 saturated heterocycles. The van der Waals surface area contributed by atoms with Crippen LogP contribution in [-0.4, -0.2) is 29.2 Å². The summed E-state index contributed by atoms with van der Waals surface area (Å²) in [5, 5.41) is 2.98. The molecule has 3 rings (SSSR count). The first-order valence-electron chi connectivity index (χ1n) is 9.20. The summed E-state index contributed by atoms with van der Waals surface area (Å²) in [7, 11) is 0. The Morgan fingerprint density at radius 1 is 1.00 bits per heavy atom. The van der Waals surface area contributed by atoms with Gasteiger partial charge in [0, 0.05) is 13.0 Å². The number of amides is 3. The van der Waals surface area contributed by atoms with Crippen LogP contribution in [0.25, 0.3) is 0 Å². The van der Waals surface area contributed by atoms with Crippen LogP contribution < -0.4 is 5.32 Å². The van der Waals surface area contributed by atoms with Gasteiger partial charge in [-0.25, -0.2) is 0 Å². The highest BCUT2D eigenvalue weighted by molar-refractivity contribution is 6.21. The molecule has 0 spiro atoms. The standard InChI is InChI=1S/C22H24N2O3/c1-14-10-11-17(13-15(14)2)16(3)23-20(25)9-6-12-24-21(26)18-7-4-5-8-19(18)22(24)27/h4-5,7-8,10-11,13,16H,6,9,12H2,1-3H3,(H,23,25)/t16-/m1/s1. The molecule has 1 N–H and O–H groups in total. The Morgan fingerprint density at radius 3 is 2.22 bits per heavy atom. The minimum atomic E-state index is -0.278. The van der Waals surface area contributed by atoms with Crippen LogP contribution in [0.4, 0.5) is 0 Å². The first kappa shape index (κ1) is 18.8. The van der Waals surface area contributed by atoms with E-state index in [2.05, 4.69) is 31.3 Å². The van der Waals surface area contributed by atoms with Crippen molar-refractivity contribution >= 4 is 17.7 Å². The minimum Gasteiger partial charge on any atom is -0.350 e. The molecule has 0 fully saturated rings. The Labute approximate surface area is 159 Å². The smallest absolute Gasteiger partial charge is 0.261 e. The molecule has 1 aliphatic heterocycles. The lowest BCUT2D eigenvalue weighted by Gasteiger charge is -2.17. The van der Waals surface area contributed by atoms with Gasteiger partial charge in [-0.15, -0.1) is 0 Å². The summed E-state index contributed by atoms with van der Waals surface area (Å²) >= 11 is 0. The summed E-state index contributed by atoms with van der Waals surface area (Å²) in [5.41, 5.74) is 4.36. The highest BCUT2D eigenvalue weighted by Gasteiger charge is 2.34. The summed E-state index contributed by atoms with van der Waals surface area (Å²) < 4.78 is 0. The summed E-state index contributed by atoms with van der Waals surface area (Å²) in [6.07, 6.45) is 0.708. The van der Waals surface area contributed by atoms with Gasteiger partial charge in [-0.05, 0) is 56.0 Å². The molecule has 5 heteroatoms. The van der Waals surface area contributed by atoms with Crippen molar-refractivity contribution in [1.29, 1.82) is 0 Å². The largest absolute Gasteiger partial charge is 0.350 e. The normalized spacial score (nSPS) is 14.3. The molecule has 0 aliphatic carbocycles. The van der Waals surface area contributed by atoms with Gasteiger partial charge in [0.05, 0.1) is 17.2 Å². The number of aryl methyl sites for hydroxylation is 2. The van der Waals surface area contributed by atoms with E-state index >= 15 is 0 Å². The monoisotopic (exact) mass is 364 g/mol. The van der Waals surface area contributed by atoms with Gasteiger partial charge in [0.15, 0.2) is 0 Å². The molecular weight excluding hydrogens is 340 g/mol. The van der Waals surface area contributed by atoms with Crippen molar-refractivity contribution in [1.82, 2.24) is 10.2 Å². The number of nitrogens with one attached hydrogen (secondary N) is 1. The van der Waals surface area contributed by atoms with Crippen molar-refractivity contribution < 1.29 is 14.4 Å². The van der Waals surface area contributed by atoms with Crippen LogP contribution in [-0.2, 0) is 4.79 Å². The predicted octanol–water partition coefficient (Wildman–Crippen LogP) is 3.56. The maximum absolute atomic E-state index is 12.3. The highest BCUT2D eigenvalue weighted by atomic mass is 16.2. The van der Waals surface area contributed by atoms with Crippen LogP contribution in [0.2, 0.25) is 0 Å². The fourth-order valence-electron chi connectivity index (χ4n) is 3.27. The molecule has 0 radical (unpaired) electrons. The van der Waals surface area contributed by atoms with E-state index in [0.29, 0.717) is 17.5 Å². The molecule has 140 valence electrons. The van der Waals surface area contributed by atoms with Gasteiger partial charge in [-0.2, -0.15) is 0 Å². The number of benzene rings is 2. The lowest BCUT2D eigenvalue weighted by molar-refractivity contribution is -0.121. The van der Waals surface area contributed by atoms with Crippen molar-refractivity contribution in [3.8, 4) is 0 Å². The lowest BCUT2D eigenvalue weighted by Crippen LogP contribution is -2.32. The number of hydrogen-bond donors (Lipinski definition) is 1. The third-order valence-electron chi connectivity index (χ3n) is 5.07. The van der Waals surface area contributed by atoms with Gasteiger partial charge in [0.2, 0.25) is 5.91 Å². The van der Waals surface area contributed by atoms with Crippen molar-refractivity contribution in [3.05, 3.63) is 70.3 Å². The van der Waals surface area contributed by atoms with E-state index in [9.17, 15) is 14.4 Å². The second kappa shape index (κ2) is 7.74. The number of nitrogens with zero attached hydrogens (tertiary/aromatic N) is 1. The van der Waals surface area contributed by atoms with E-state index in [4.69, 9.17) is 0 Å². The Kier molecular flexibility index (Phi) is 5.40. The molecule has 1 atom stereocenters. The summed E-state index contributed by atoms with van der Waals surface area (Å²) in [6, 6.07) is 12.9. The summed E-state index contributed by atoms with van der Waals surface area (Å²) in [4.78, 5) is 38.1. The second-order valence-electron chi connectivity index (χ2n) is 7.04. The van der Waals surface area contributed by atoms with E-state index in [1.807, 2.05) is 13.0 Å². The first-order valence-corrected chi connectivity index (χ1v) is 9.20. The molecule has 0 bridgehead atoms. The number of rotatable bonds is 6. The van der Waals surface area contributed by atoms with Crippen LogP contribution >= 0.6 is 0 Å². The Bertz CT molecular complexity index is 869. The van der Waals surface area contributed by atoms with Crippen molar-refractivity contribution in [3.63, 3.8) is 0 Å². The van der Waals surface area contributed by atoms with Gasteiger partial charge in [-0.3, -0.25) is 19.3 Å². The second-order valence-corrected chi connectivity index (χ2v) is 7.04. The average Bonchev–Trinajstić information content (AvgIpc) is 2.89. The SMILES string of the molecule is Cc1ccc([C@@H](C)NC(=O)CCCN2C(=O)c3ccccc3C2=O)cc1C. The van der Waals surface area contributed by atoms with Crippen molar-refractivity contribution in [2.45, 2.75) is 39.7 Å². The molecule has 3 amide bonds. The number of fused-ring (bicyclic) bond motifs is 1. The third kappa shape index (κ3) is 3.92. The van der Waals surface area contributed by atoms with Crippen LogP contribution in [0.5, 0.6) is 0 Å². The van der Waals surface area contributed by atoms with Crippen LogP contribution in [0.1, 0.15) is 63.2 Å². The fourth-order valence-corrected chi connectivity index (χ4v) is 3.27. The molecule has 2 aromatic rings. The number of hydrogen-bond acceptors (Lipinski definition) is 3. The summed E-state index contributed by atoms with van der Waals surface area (Å²) in [6.45, 7) is 6.31. The number of carbonyl (C=O) groups is 3. The van der Waals surface area contributed by atoms with Crippen LogP contribution in [0, 0.1) is 13.8 Å². The molecule has 0 unspecified atom stereocenters. The quantitative estimate of drug-likeness (QED) is 0.797. The average molecular weight is 364 g/mol. The highest BCUT2D eigenvalue weighted by Crippen LogP contribution is 2.22. The zero-order chi connectivity index (χ0) is 19.6. The van der Waals surface area contributed by atoms with Gasteiger partial charge in [0.25, 0.3) is 11.8 Å². The molecular formula is C22H24N2O3. The van der Waals surface area contributed by atoms with Gasteiger partial charge in [0.1, 0.15) is 0 Å². The first-order chi connectivity index (χ1) is 12.9. The molecule has 5 nitrogen and oxygen atoms in total. The molecule has 1 heterocycles. The Morgan fingerprint density at radius 2 is 1.63 bits per heavy atom. The van der Waals surface area contributed by atoms with E-state index in [-0.39, 0.29) is 36.7 Å². The predicted molar refractivity (Wildman–Crippen MR) is 104 cm³/mol. The Balaban J connectivity index is 1.51. The van der Waals surface area contributed by atoms with E-state index < -0.39 is 0 Å². The lowest BCUT2D eigenvalue weighted by atomic mass is 10.0. The Hall–Kier alpha value is -2.95. The zero-order valence-electron chi connectivity index (χ0n) is 15.9.